The molecule has 160 valence electrons. The van der Waals surface area contributed by atoms with Crippen molar-refractivity contribution in [1.29, 1.82) is 0 Å². The summed E-state index contributed by atoms with van der Waals surface area (Å²) >= 11 is 0. The van der Waals surface area contributed by atoms with Crippen molar-refractivity contribution < 1.29 is 9.21 Å². The Bertz CT molecular complexity index is 1180. The molecule has 1 aliphatic heterocycles. The molecule has 0 spiro atoms. The summed E-state index contributed by atoms with van der Waals surface area (Å²) in [5.41, 5.74) is 9.12. The number of nitrogens with zero attached hydrogens (tertiary/aromatic N) is 6. The number of piperazine rings is 1. The standard InChI is InChI=1S/C21H21N7O2.ClH/c22-19-12-17(23-21-24-20(25-28(19)21)18-5-2-10-30-18)16-4-1-3-15(11-16)13-26-6-8-27(14-29)9-7-26;/h1-5,10-12,14H,6-9,13,22H2;1H. The minimum Gasteiger partial charge on any atom is -0.461 e. The molecule has 31 heavy (non-hydrogen) atoms. The van der Waals surface area contributed by atoms with Crippen LogP contribution in [-0.2, 0) is 11.3 Å². The summed E-state index contributed by atoms with van der Waals surface area (Å²) in [6, 6.07) is 13.6. The lowest BCUT2D eigenvalue weighted by atomic mass is 10.1. The van der Waals surface area contributed by atoms with E-state index in [0.717, 1.165) is 50.4 Å². The highest BCUT2D eigenvalue weighted by Crippen LogP contribution is 2.24. The number of furan rings is 1. The number of hydrogen-bond donors (Lipinski definition) is 1. The zero-order valence-electron chi connectivity index (χ0n) is 16.7. The van der Waals surface area contributed by atoms with Crippen LogP contribution >= 0.6 is 12.4 Å². The van der Waals surface area contributed by atoms with E-state index in [1.807, 2.05) is 17.0 Å². The summed E-state index contributed by atoms with van der Waals surface area (Å²) in [6.07, 6.45) is 2.50. The van der Waals surface area contributed by atoms with Crippen LogP contribution in [0.5, 0.6) is 0 Å². The van der Waals surface area contributed by atoms with Gasteiger partial charge in [0.25, 0.3) is 5.78 Å². The van der Waals surface area contributed by atoms with Crippen molar-refractivity contribution in [3.05, 3.63) is 54.3 Å². The van der Waals surface area contributed by atoms with Crippen molar-refractivity contribution in [2.75, 3.05) is 31.9 Å². The number of aromatic nitrogens is 4. The molecule has 0 bridgehead atoms. The van der Waals surface area contributed by atoms with Gasteiger partial charge in [0.1, 0.15) is 5.82 Å². The molecule has 0 aliphatic carbocycles. The first kappa shape index (κ1) is 20.8. The first-order valence-electron chi connectivity index (χ1n) is 9.78. The molecule has 3 aromatic heterocycles. The van der Waals surface area contributed by atoms with Crippen LogP contribution < -0.4 is 5.73 Å². The average Bonchev–Trinajstić information content (AvgIpc) is 3.44. The lowest BCUT2D eigenvalue weighted by Crippen LogP contribution is -2.45. The molecule has 0 atom stereocenters. The number of nitrogens with two attached hydrogens (primary N) is 1. The quantitative estimate of drug-likeness (QED) is 0.475. The first-order valence-corrected chi connectivity index (χ1v) is 9.78. The van der Waals surface area contributed by atoms with Crippen molar-refractivity contribution in [1.82, 2.24) is 29.4 Å². The molecule has 1 saturated heterocycles. The van der Waals surface area contributed by atoms with Crippen molar-refractivity contribution in [3.8, 4) is 22.8 Å². The van der Waals surface area contributed by atoms with E-state index in [9.17, 15) is 4.79 Å². The van der Waals surface area contributed by atoms with E-state index in [0.29, 0.717) is 23.2 Å². The summed E-state index contributed by atoms with van der Waals surface area (Å²) in [5.74, 6) is 1.89. The van der Waals surface area contributed by atoms with E-state index >= 15 is 0 Å². The predicted octanol–water partition coefficient (Wildman–Crippen LogP) is 2.33. The zero-order valence-corrected chi connectivity index (χ0v) is 17.5. The molecule has 4 aromatic rings. The summed E-state index contributed by atoms with van der Waals surface area (Å²) < 4.78 is 6.88. The number of nitrogen functional groups attached to an aromatic ring is 1. The summed E-state index contributed by atoms with van der Waals surface area (Å²) in [6.45, 7) is 4.10. The van der Waals surface area contributed by atoms with Crippen LogP contribution in [0, 0.1) is 0 Å². The second-order valence-electron chi connectivity index (χ2n) is 7.31. The van der Waals surface area contributed by atoms with E-state index in [1.54, 1.807) is 24.5 Å². The molecule has 4 heterocycles. The molecular weight excluding hydrogens is 418 g/mol. The Morgan fingerprint density at radius 2 is 1.90 bits per heavy atom. The lowest BCUT2D eigenvalue weighted by molar-refractivity contribution is -0.119. The number of carbonyl (C=O) groups is 1. The van der Waals surface area contributed by atoms with Crippen LogP contribution in [0.1, 0.15) is 5.56 Å². The Hall–Kier alpha value is -3.43. The maximum absolute atomic E-state index is 10.9. The Morgan fingerprint density at radius 3 is 2.65 bits per heavy atom. The SMILES string of the molecule is Cl.Nc1cc(-c2cccc(CN3CCN(C=O)CC3)c2)nc2nc(-c3ccco3)nn12. The highest BCUT2D eigenvalue weighted by atomic mass is 35.5. The van der Waals surface area contributed by atoms with Crippen molar-refractivity contribution in [2.45, 2.75) is 6.54 Å². The monoisotopic (exact) mass is 439 g/mol. The number of rotatable bonds is 5. The third-order valence-electron chi connectivity index (χ3n) is 5.27. The number of halogens is 1. The number of carbonyl (C=O) groups excluding carboxylic acids is 1. The molecule has 1 aliphatic rings. The minimum absolute atomic E-state index is 0. The van der Waals surface area contributed by atoms with Gasteiger partial charge in [0.15, 0.2) is 5.76 Å². The van der Waals surface area contributed by atoms with E-state index in [4.69, 9.17) is 10.2 Å². The van der Waals surface area contributed by atoms with Gasteiger partial charge in [0, 0.05) is 44.4 Å². The summed E-state index contributed by atoms with van der Waals surface area (Å²) in [4.78, 5) is 24.2. The van der Waals surface area contributed by atoms with Crippen molar-refractivity contribution in [2.24, 2.45) is 0 Å². The third kappa shape index (κ3) is 4.23. The van der Waals surface area contributed by atoms with Crippen LogP contribution in [0.3, 0.4) is 0 Å². The summed E-state index contributed by atoms with van der Waals surface area (Å²) in [5, 5.41) is 4.39. The van der Waals surface area contributed by atoms with Gasteiger partial charge in [-0.1, -0.05) is 18.2 Å². The topological polar surface area (TPSA) is 106 Å². The van der Waals surface area contributed by atoms with Gasteiger partial charge in [0.05, 0.1) is 12.0 Å². The Morgan fingerprint density at radius 1 is 1.06 bits per heavy atom. The van der Waals surface area contributed by atoms with Crippen LogP contribution in [0.25, 0.3) is 28.6 Å². The van der Waals surface area contributed by atoms with Crippen molar-refractivity contribution >= 4 is 30.4 Å². The fraction of sp³-hybridized carbons (Fsp3) is 0.238. The van der Waals surface area contributed by atoms with E-state index in [2.05, 4.69) is 32.1 Å². The van der Waals surface area contributed by atoms with Gasteiger partial charge in [-0.2, -0.15) is 9.50 Å². The second-order valence-corrected chi connectivity index (χ2v) is 7.31. The maximum atomic E-state index is 10.9. The van der Waals surface area contributed by atoms with E-state index in [1.165, 1.54) is 10.1 Å². The molecule has 0 unspecified atom stereocenters. The molecule has 2 N–H and O–H groups in total. The minimum atomic E-state index is 0. The molecule has 1 amide bonds. The maximum Gasteiger partial charge on any atom is 0.255 e. The van der Waals surface area contributed by atoms with Gasteiger partial charge in [0.2, 0.25) is 12.2 Å². The Labute approximate surface area is 184 Å². The predicted molar refractivity (Wildman–Crippen MR) is 118 cm³/mol. The molecule has 9 nitrogen and oxygen atoms in total. The molecule has 0 saturated carbocycles. The number of hydrogen-bond acceptors (Lipinski definition) is 7. The summed E-state index contributed by atoms with van der Waals surface area (Å²) in [7, 11) is 0. The molecule has 0 radical (unpaired) electrons. The molecule has 10 heteroatoms. The molecule has 1 fully saturated rings. The molecule has 5 rings (SSSR count). The zero-order chi connectivity index (χ0) is 20.5. The van der Waals surface area contributed by atoms with Gasteiger partial charge in [-0.05, 0) is 23.8 Å². The molecular formula is C21H22ClN7O2. The number of fused-ring (bicyclic) bond motifs is 1. The highest BCUT2D eigenvalue weighted by Gasteiger charge is 2.17. The number of amides is 1. The Kier molecular flexibility index (Phi) is 5.88. The second kappa shape index (κ2) is 8.75. The van der Waals surface area contributed by atoms with Gasteiger partial charge < -0.3 is 15.1 Å². The fourth-order valence-corrected chi connectivity index (χ4v) is 3.66. The molecule has 1 aromatic carbocycles. The normalized spacial score (nSPS) is 14.5. The van der Waals surface area contributed by atoms with Gasteiger partial charge in [-0.15, -0.1) is 17.5 Å². The van der Waals surface area contributed by atoms with Crippen LogP contribution in [0.15, 0.2) is 53.1 Å². The number of anilines is 1. The van der Waals surface area contributed by atoms with Gasteiger partial charge in [-0.25, -0.2) is 4.98 Å². The van der Waals surface area contributed by atoms with Gasteiger partial charge >= 0.3 is 0 Å². The largest absolute Gasteiger partial charge is 0.461 e. The van der Waals surface area contributed by atoms with Crippen LogP contribution in [0.4, 0.5) is 5.82 Å². The van der Waals surface area contributed by atoms with E-state index < -0.39 is 0 Å². The van der Waals surface area contributed by atoms with Crippen LogP contribution in [0.2, 0.25) is 0 Å². The van der Waals surface area contributed by atoms with Gasteiger partial charge in [-0.3, -0.25) is 9.69 Å². The average molecular weight is 440 g/mol. The Balaban J connectivity index is 0.00000231. The number of benzene rings is 1. The highest BCUT2D eigenvalue weighted by molar-refractivity contribution is 5.85. The first-order chi connectivity index (χ1) is 14.7. The third-order valence-corrected chi connectivity index (χ3v) is 5.27. The van der Waals surface area contributed by atoms with Crippen molar-refractivity contribution in [3.63, 3.8) is 0 Å². The van der Waals surface area contributed by atoms with Crippen LogP contribution in [-0.4, -0.2) is 62.0 Å². The fourth-order valence-electron chi connectivity index (χ4n) is 3.66. The smallest absolute Gasteiger partial charge is 0.255 e. The van der Waals surface area contributed by atoms with E-state index in [-0.39, 0.29) is 12.4 Å². The lowest BCUT2D eigenvalue weighted by Gasteiger charge is -2.32.